The fraction of sp³-hybridized carbons (Fsp3) is 0.286. The van der Waals surface area contributed by atoms with Crippen molar-refractivity contribution in [2.24, 2.45) is 0 Å². The number of aryl methyl sites for hydroxylation is 2. The van der Waals surface area contributed by atoms with E-state index in [0.717, 1.165) is 47.9 Å². The third kappa shape index (κ3) is 3.07. The van der Waals surface area contributed by atoms with E-state index in [1.54, 1.807) is 25.3 Å². The van der Waals surface area contributed by atoms with Crippen LogP contribution in [0.3, 0.4) is 0 Å². The SMILES string of the molecule is COC(=O)c1ccc2nc(C)c(N3CCCc4cc(OC)ccc43)nc2c1. The normalized spacial score (nSPS) is 13.4. The van der Waals surface area contributed by atoms with E-state index < -0.39 is 0 Å². The minimum absolute atomic E-state index is 0.378. The van der Waals surface area contributed by atoms with Gasteiger partial charge in [0.1, 0.15) is 5.75 Å². The van der Waals surface area contributed by atoms with E-state index >= 15 is 0 Å². The summed E-state index contributed by atoms with van der Waals surface area (Å²) in [6.07, 6.45) is 2.04. The van der Waals surface area contributed by atoms with Gasteiger partial charge in [-0.05, 0) is 61.7 Å². The van der Waals surface area contributed by atoms with E-state index in [2.05, 4.69) is 17.0 Å². The largest absolute Gasteiger partial charge is 0.497 e. The highest BCUT2D eigenvalue weighted by Crippen LogP contribution is 2.36. The molecule has 0 fully saturated rings. The molecular weight excluding hydrogens is 342 g/mol. The second-order valence-electron chi connectivity index (χ2n) is 6.58. The summed E-state index contributed by atoms with van der Waals surface area (Å²) in [4.78, 5) is 23.6. The summed E-state index contributed by atoms with van der Waals surface area (Å²) in [7, 11) is 3.05. The van der Waals surface area contributed by atoms with Crippen LogP contribution in [0.4, 0.5) is 11.5 Å². The van der Waals surface area contributed by atoms with Crippen molar-refractivity contribution < 1.29 is 14.3 Å². The highest BCUT2D eigenvalue weighted by molar-refractivity contribution is 5.93. The summed E-state index contributed by atoms with van der Waals surface area (Å²) in [6, 6.07) is 11.4. The highest BCUT2D eigenvalue weighted by atomic mass is 16.5. The quantitative estimate of drug-likeness (QED) is 0.659. The molecule has 0 radical (unpaired) electrons. The van der Waals surface area contributed by atoms with Gasteiger partial charge < -0.3 is 14.4 Å². The Kier molecular flexibility index (Phi) is 4.39. The molecule has 6 nitrogen and oxygen atoms in total. The maximum absolute atomic E-state index is 11.8. The number of hydrogen-bond donors (Lipinski definition) is 0. The minimum atomic E-state index is -0.378. The zero-order valence-corrected chi connectivity index (χ0v) is 15.7. The molecule has 27 heavy (non-hydrogen) atoms. The molecule has 1 aliphatic rings. The first kappa shape index (κ1) is 17.3. The number of hydrogen-bond acceptors (Lipinski definition) is 6. The van der Waals surface area contributed by atoms with Gasteiger partial charge in [-0.2, -0.15) is 0 Å². The summed E-state index contributed by atoms with van der Waals surface area (Å²) in [5.74, 6) is 1.30. The lowest BCUT2D eigenvalue weighted by atomic mass is 10.0. The van der Waals surface area contributed by atoms with Gasteiger partial charge in [0.05, 0.1) is 36.5 Å². The van der Waals surface area contributed by atoms with Crippen LogP contribution in [0.5, 0.6) is 5.75 Å². The van der Waals surface area contributed by atoms with Crippen LogP contribution in [-0.2, 0) is 11.2 Å². The molecule has 0 unspecified atom stereocenters. The number of nitrogens with zero attached hydrogens (tertiary/aromatic N) is 3. The Bertz CT molecular complexity index is 1030. The van der Waals surface area contributed by atoms with E-state index in [0.29, 0.717) is 11.1 Å². The van der Waals surface area contributed by atoms with E-state index in [1.807, 2.05) is 13.0 Å². The molecular formula is C21H21N3O3. The zero-order chi connectivity index (χ0) is 19.0. The van der Waals surface area contributed by atoms with Crippen LogP contribution in [0, 0.1) is 6.92 Å². The van der Waals surface area contributed by atoms with Crippen LogP contribution in [0.2, 0.25) is 0 Å². The van der Waals surface area contributed by atoms with Crippen molar-refractivity contribution in [3.63, 3.8) is 0 Å². The average molecular weight is 363 g/mol. The molecule has 0 spiro atoms. The molecule has 0 aliphatic carbocycles. The summed E-state index contributed by atoms with van der Waals surface area (Å²) in [5, 5.41) is 0. The summed E-state index contributed by atoms with van der Waals surface area (Å²) in [6.45, 7) is 2.84. The van der Waals surface area contributed by atoms with Gasteiger partial charge in [0, 0.05) is 12.2 Å². The van der Waals surface area contributed by atoms with Gasteiger partial charge in [-0.15, -0.1) is 0 Å². The lowest BCUT2D eigenvalue weighted by Crippen LogP contribution is -2.26. The van der Waals surface area contributed by atoms with Crippen LogP contribution in [-0.4, -0.2) is 36.7 Å². The Morgan fingerprint density at radius 2 is 1.93 bits per heavy atom. The predicted molar refractivity (Wildman–Crippen MR) is 104 cm³/mol. The van der Waals surface area contributed by atoms with Gasteiger partial charge in [0.2, 0.25) is 0 Å². The first-order valence-electron chi connectivity index (χ1n) is 8.92. The third-order valence-corrected chi connectivity index (χ3v) is 4.90. The zero-order valence-electron chi connectivity index (χ0n) is 15.7. The van der Waals surface area contributed by atoms with Gasteiger partial charge in [-0.1, -0.05) is 0 Å². The molecule has 0 bridgehead atoms. The third-order valence-electron chi connectivity index (χ3n) is 4.90. The Morgan fingerprint density at radius 1 is 1.07 bits per heavy atom. The van der Waals surface area contributed by atoms with Crippen molar-refractivity contribution in [1.82, 2.24) is 9.97 Å². The second kappa shape index (κ2) is 6.87. The smallest absolute Gasteiger partial charge is 0.337 e. The summed E-state index contributed by atoms with van der Waals surface area (Å²) < 4.78 is 10.2. The molecule has 1 aromatic heterocycles. The van der Waals surface area contributed by atoms with E-state index in [4.69, 9.17) is 19.4 Å². The highest BCUT2D eigenvalue weighted by Gasteiger charge is 2.22. The van der Waals surface area contributed by atoms with Gasteiger partial charge in [0.15, 0.2) is 5.82 Å². The molecule has 138 valence electrons. The minimum Gasteiger partial charge on any atom is -0.497 e. The monoisotopic (exact) mass is 363 g/mol. The molecule has 6 heteroatoms. The van der Waals surface area contributed by atoms with Crippen LogP contribution in [0.1, 0.15) is 28.0 Å². The number of carbonyl (C=O) groups is 1. The van der Waals surface area contributed by atoms with E-state index in [1.165, 1.54) is 12.7 Å². The molecule has 0 N–H and O–H groups in total. The van der Waals surface area contributed by atoms with Gasteiger partial charge in [-0.25, -0.2) is 14.8 Å². The number of esters is 1. The lowest BCUT2D eigenvalue weighted by molar-refractivity contribution is 0.0601. The van der Waals surface area contributed by atoms with Gasteiger partial charge in [0.25, 0.3) is 0 Å². The maximum atomic E-state index is 11.8. The van der Waals surface area contributed by atoms with Gasteiger partial charge in [-0.3, -0.25) is 0 Å². The number of aromatic nitrogens is 2. The van der Waals surface area contributed by atoms with E-state index in [9.17, 15) is 4.79 Å². The number of methoxy groups -OCH3 is 2. The standard InChI is InChI=1S/C21H21N3O3/c1-13-20(23-18-12-15(21(25)27-3)6-8-17(18)22-13)24-10-4-5-14-11-16(26-2)7-9-19(14)24/h6-9,11-12H,4-5,10H2,1-3H3. The number of anilines is 2. The van der Waals surface area contributed by atoms with Crippen LogP contribution in [0.25, 0.3) is 11.0 Å². The molecule has 0 atom stereocenters. The fourth-order valence-electron chi connectivity index (χ4n) is 3.55. The first-order chi connectivity index (χ1) is 13.1. The first-order valence-corrected chi connectivity index (χ1v) is 8.92. The topological polar surface area (TPSA) is 64.5 Å². The van der Waals surface area contributed by atoms with Crippen molar-refractivity contribution in [3.05, 3.63) is 53.2 Å². The predicted octanol–water partition coefficient (Wildman–Crippen LogP) is 3.82. The van der Waals surface area contributed by atoms with Crippen molar-refractivity contribution in [1.29, 1.82) is 0 Å². The maximum Gasteiger partial charge on any atom is 0.337 e. The number of ether oxygens (including phenoxy) is 2. The van der Waals surface area contributed by atoms with Crippen LogP contribution in [0.15, 0.2) is 36.4 Å². The van der Waals surface area contributed by atoms with Crippen LogP contribution < -0.4 is 9.64 Å². The summed E-state index contributed by atoms with van der Waals surface area (Å²) in [5.41, 5.74) is 5.14. The Labute approximate surface area is 157 Å². The Morgan fingerprint density at radius 3 is 2.70 bits per heavy atom. The average Bonchev–Trinajstić information content (AvgIpc) is 2.71. The number of fused-ring (bicyclic) bond motifs is 2. The molecule has 2 heterocycles. The number of carbonyl (C=O) groups excluding carboxylic acids is 1. The fourth-order valence-corrected chi connectivity index (χ4v) is 3.55. The Hall–Kier alpha value is -3.15. The lowest BCUT2D eigenvalue weighted by Gasteiger charge is -2.31. The van der Waals surface area contributed by atoms with Crippen molar-refractivity contribution >= 4 is 28.5 Å². The molecule has 0 saturated heterocycles. The van der Waals surface area contributed by atoms with Gasteiger partial charge >= 0.3 is 5.97 Å². The second-order valence-corrected chi connectivity index (χ2v) is 6.58. The van der Waals surface area contributed by atoms with Crippen molar-refractivity contribution in [2.45, 2.75) is 19.8 Å². The Balaban J connectivity index is 1.82. The molecule has 2 aromatic carbocycles. The van der Waals surface area contributed by atoms with Crippen LogP contribution >= 0.6 is 0 Å². The molecule has 4 rings (SSSR count). The molecule has 1 aliphatic heterocycles. The van der Waals surface area contributed by atoms with Crippen molar-refractivity contribution in [2.75, 3.05) is 25.7 Å². The number of benzene rings is 2. The van der Waals surface area contributed by atoms with E-state index in [-0.39, 0.29) is 5.97 Å². The molecule has 0 amide bonds. The molecule has 0 saturated carbocycles. The van der Waals surface area contributed by atoms with Crippen molar-refractivity contribution in [3.8, 4) is 5.75 Å². The number of rotatable bonds is 3. The summed E-state index contributed by atoms with van der Waals surface area (Å²) >= 11 is 0. The molecule has 3 aromatic rings.